The van der Waals surface area contributed by atoms with Crippen LogP contribution in [0.4, 0.5) is 5.69 Å². The predicted octanol–water partition coefficient (Wildman–Crippen LogP) is 1.16. The Hall–Kier alpha value is -2.58. The third-order valence-corrected chi connectivity index (χ3v) is 2.59. The van der Waals surface area contributed by atoms with Gasteiger partial charge in [-0.25, -0.2) is 4.98 Å². The molecule has 0 saturated carbocycles. The maximum Gasteiger partial charge on any atom is 0.242 e. The first-order chi connectivity index (χ1) is 9.20. The molecule has 5 nitrogen and oxygen atoms in total. The molecule has 0 aliphatic rings. The first-order valence-corrected chi connectivity index (χ1v) is 5.79. The van der Waals surface area contributed by atoms with Gasteiger partial charge in [0.05, 0.1) is 12.4 Å². The van der Waals surface area contributed by atoms with Gasteiger partial charge >= 0.3 is 0 Å². The van der Waals surface area contributed by atoms with Crippen LogP contribution >= 0.6 is 0 Å². The second kappa shape index (κ2) is 5.85. The van der Waals surface area contributed by atoms with Crippen molar-refractivity contribution in [1.29, 1.82) is 0 Å². The van der Waals surface area contributed by atoms with Gasteiger partial charge in [-0.15, -0.1) is 12.3 Å². The van der Waals surface area contributed by atoms with Gasteiger partial charge in [0.25, 0.3) is 0 Å². The molecule has 1 aromatic carbocycles. The van der Waals surface area contributed by atoms with Gasteiger partial charge in [0.15, 0.2) is 0 Å². The summed E-state index contributed by atoms with van der Waals surface area (Å²) in [6.45, 7) is 0. The molecule has 0 spiro atoms. The maximum absolute atomic E-state index is 11.7. The molecule has 0 bridgehead atoms. The summed E-state index contributed by atoms with van der Waals surface area (Å²) in [5, 5.41) is 2.74. The monoisotopic (exact) mass is 254 g/mol. The maximum atomic E-state index is 11.7. The van der Waals surface area contributed by atoms with E-state index in [1.807, 2.05) is 29.0 Å². The molecule has 96 valence electrons. The molecule has 2 rings (SSSR count). The topological polar surface area (TPSA) is 72.9 Å². The van der Waals surface area contributed by atoms with E-state index in [1.54, 1.807) is 18.6 Å². The van der Waals surface area contributed by atoms with E-state index >= 15 is 0 Å². The Kier molecular flexibility index (Phi) is 3.96. The number of carbonyl (C=O) groups excluding carboxylic acids is 1. The van der Waals surface area contributed by atoms with Crippen molar-refractivity contribution in [3.8, 4) is 18.0 Å². The third kappa shape index (κ3) is 3.21. The van der Waals surface area contributed by atoms with Crippen molar-refractivity contribution in [3.05, 3.63) is 43.0 Å². The van der Waals surface area contributed by atoms with Crippen LogP contribution in [0, 0.1) is 12.3 Å². The van der Waals surface area contributed by atoms with Gasteiger partial charge in [0.1, 0.15) is 0 Å². The van der Waals surface area contributed by atoms with Gasteiger partial charge in [-0.3, -0.25) is 4.79 Å². The molecule has 0 fully saturated rings. The number of amides is 1. The van der Waals surface area contributed by atoms with Crippen molar-refractivity contribution in [2.24, 2.45) is 5.73 Å². The van der Waals surface area contributed by atoms with Crippen LogP contribution in [0.5, 0.6) is 0 Å². The Labute approximate surface area is 111 Å². The highest BCUT2D eigenvalue weighted by Gasteiger charge is 2.12. The number of hydrogen-bond acceptors (Lipinski definition) is 3. The fourth-order valence-corrected chi connectivity index (χ4v) is 1.61. The highest BCUT2D eigenvalue weighted by molar-refractivity contribution is 5.95. The largest absolute Gasteiger partial charge is 0.325 e. The predicted molar refractivity (Wildman–Crippen MR) is 73.6 cm³/mol. The molecular formula is C14H14N4O. The lowest BCUT2D eigenvalue weighted by atomic mass is 10.2. The molecule has 2 aromatic rings. The van der Waals surface area contributed by atoms with Crippen molar-refractivity contribution in [2.75, 3.05) is 5.32 Å². The van der Waals surface area contributed by atoms with E-state index in [4.69, 9.17) is 12.2 Å². The van der Waals surface area contributed by atoms with Crippen LogP contribution in [0.2, 0.25) is 0 Å². The Morgan fingerprint density at radius 1 is 1.58 bits per heavy atom. The zero-order chi connectivity index (χ0) is 13.7. The van der Waals surface area contributed by atoms with Crippen molar-refractivity contribution in [1.82, 2.24) is 9.55 Å². The van der Waals surface area contributed by atoms with Crippen LogP contribution in [-0.4, -0.2) is 21.5 Å². The van der Waals surface area contributed by atoms with E-state index in [1.165, 1.54) is 0 Å². The van der Waals surface area contributed by atoms with E-state index in [0.29, 0.717) is 5.69 Å². The summed E-state index contributed by atoms with van der Waals surface area (Å²) in [5.74, 6) is 2.08. The van der Waals surface area contributed by atoms with Crippen LogP contribution < -0.4 is 11.1 Å². The fourth-order valence-electron chi connectivity index (χ4n) is 1.61. The minimum absolute atomic E-state index is 0.215. The van der Waals surface area contributed by atoms with Crippen molar-refractivity contribution >= 4 is 11.6 Å². The smallest absolute Gasteiger partial charge is 0.242 e. The van der Waals surface area contributed by atoms with E-state index in [2.05, 4.69) is 16.2 Å². The van der Waals surface area contributed by atoms with E-state index in [-0.39, 0.29) is 12.3 Å². The number of nitrogens with two attached hydrogens (primary N) is 1. The van der Waals surface area contributed by atoms with Gasteiger partial charge in [0.2, 0.25) is 5.91 Å². The minimum atomic E-state index is -0.693. The number of hydrogen-bond donors (Lipinski definition) is 2. The summed E-state index contributed by atoms with van der Waals surface area (Å²) in [6, 6.07) is 6.70. The molecule has 0 saturated heterocycles. The summed E-state index contributed by atoms with van der Waals surface area (Å²) in [6.07, 6.45) is 10.5. The molecule has 1 heterocycles. The number of rotatable bonds is 4. The number of carbonyl (C=O) groups is 1. The van der Waals surface area contributed by atoms with Crippen molar-refractivity contribution in [3.63, 3.8) is 0 Å². The standard InChI is InChI=1S/C14H14N4O/c1-2-4-13(15)14(19)17-11-5-3-6-12(9-11)18-8-7-16-10-18/h1,3,5-10,13H,4,15H2,(H,17,19). The van der Waals surface area contributed by atoms with Gasteiger partial charge in [-0.2, -0.15) is 0 Å². The van der Waals surface area contributed by atoms with Crippen LogP contribution in [0.3, 0.4) is 0 Å². The molecule has 3 N–H and O–H groups in total. The second-order valence-corrected chi connectivity index (χ2v) is 4.02. The normalized spacial score (nSPS) is 11.6. The molecular weight excluding hydrogens is 240 g/mol. The molecule has 1 aromatic heterocycles. The zero-order valence-electron chi connectivity index (χ0n) is 10.3. The first kappa shape index (κ1) is 12.9. The summed E-state index contributed by atoms with van der Waals surface area (Å²) >= 11 is 0. The van der Waals surface area contributed by atoms with Gasteiger partial charge < -0.3 is 15.6 Å². The van der Waals surface area contributed by atoms with E-state index < -0.39 is 6.04 Å². The number of anilines is 1. The Morgan fingerprint density at radius 3 is 3.11 bits per heavy atom. The fraction of sp³-hybridized carbons (Fsp3) is 0.143. The average molecular weight is 254 g/mol. The van der Waals surface area contributed by atoms with Crippen molar-refractivity contribution in [2.45, 2.75) is 12.5 Å². The number of imidazole rings is 1. The lowest BCUT2D eigenvalue weighted by molar-refractivity contribution is -0.117. The van der Waals surface area contributed by atoms with Crippen LogP contribution in [0.1, 0.15) is 6.42 Å². The highest BCUT2D eigenvalue weighted by atomic mass is 16.2. The summed E-state index contributed by atoms with van der Waals surface area (Å²) in [7, 11) is 0. The van der Waals surface area contributed by atoms with Crippen LogP contribution in [0.15, 0.2) is 43.0 Å². The molecule has 0 aliphatic heterocycles. The minimum Gasteiger partial charge on any atom is -0.325 e. The molecule has 5 heteroatoms. The number of benzene rings is 1. The molecule has 1 unspecified atom stereocenters. The van der Waals surface area contributed by atoms with E-state index in [9.17, 15) is 4.79 Å². The van der Waals surface area contributed by atoms with Crippen molar-refractivity contribution < 1.29 is 4.79 Å². The lowest BCUT2D eigenvalue weighted by Gasteiger charge is -2.11. The molecule has 0 radical (unpaired) electrons. The van der Waals surface area contributed by atoms with E-state index in [0.717, 1.165) is 5.69 Å². The van der Waals surface area contributed by atoms with Gasteiger partial charge in [0, 0.05) is 30.2 Å². The SMILES string of the molecule is C#CCC(N)C(=O)Nc1cccc(-n2ccnc2)c1. The van der Waals surface area contributed by atoms with Crippen LogP contribution in [0.25, 0.3) is 5.69 Å². The lowest BCUT2D eigenvalue weighted by Crippen LogP contribution is -2.35. The molecule has 0 aliphatic carbocycles. The molecule has 1 amide bonds. The number of aromatic nitrogens is 2. The highest BCUT2D eigenvalue weighted by Crippen LogP contribution is 2.14. The van der Waals surface area contributed by atoms with Gasteiger partial charge in [-0.1, -0.05) is 6.07 Å². The molecule has 1 atom stereocenters. The number of nitrogens with zero attached hydrogens (tertiary/aromatic N) is 2. The summed E-state index contributed by atoms with van der Waals surface area (Å²) in [5.41, 5.74) is 7.21. The Morgan fingerprint density at radius 2 is 2.42 bits per heavy atom. The van der Waals surface area contributed by atoms with Gasteiger partial charge in [-0.05, 0) is 18.2 Å². The number of nitrogens with one attached hydrogen (secondary N) is 1. The summed E-state index contributed by atoms with van der Waals surface area (Å²) < 4.78 is 1.84. The van der Waals surface area contributed by atoms with Crippen LogP contribution in [-0.2, 0) is 4.79 Å². The Balaban J connectivity index is 2.12. The molecule has 19 heavy (non-hydrogen) atoms. The summed E-state index contributed by atoms with van der Waals surface area (Å²) in [4.78, 5) is 15.7. The zero-order valence-corrected chi connectivity index (χ0v) is 10.3. The Bertz CT molecular complexity index is 598. The number of terminal acetylenes is 1. The quantitative estimate of drug-likeness (QED) is 0.804. The second-order valence-electron chi connectivity index (χ2n) is 4.02. The average Bonchev–Trinajstić information content (AvgIpc) is 2.93. The first-order valence-electron chi connectivity index (χ1n) is 5.79. The third-order valence-electron chi connectivity index (χ3n) is 2.59.